The molecule has 0 aromatic heterocycles. The Balaban J connectivity index is 3.26. The molecule has 78 valence electrons. The third-order valence-electron chi connectivity index (χ3n) is 1.52. The van der Waals surface area contributed by atoms with Crippen molar-refractivity contribution in [2.75, 3.05) is 25.2 Å². The van der Waals surface area contributed by atoms with Crippen LogP contribution in [-0.4, -0.2) is 42.3 Å². The summed E-state index contributed by atoms with van der Waals surface area (Å²) in [5, 5.41) is 8.49. The highest BCUT2D eigenvalue weighted by Crippen LogP contribution is 2.05. The minimum atomic E-state index is -0.508. The van der Waals surface area contributed by atoms with Crippen LogP contribution < -0.4 is 5.73 Å². The predicted molar refractivity (Wildman–Crippen MR) is 53.6 cm³/mol. The number of methoxy groups -OCH3 is 1. The van der Waals surface area contributed by atoms with E-state index in [4.69, 9.17) is 10.8 Å². The molecule has 4 nitrogen and oxygen atoms in total. The first kappa shape index (κ1) is 12.7. The average molecular weight is 207 g/mol. The molecule has 5 heteroatoms. The molecule has 0 spiro atoms. The summed E-state index contributed by atoms with van der Waals surface area (Å²) in [6.07, 6.45) is 1.42. The molecular formula is C8H17NO3S. The van der Waals surface area contributed by atoms with Crippen molar-refractivity contribution in [2.45, 2.75) is 18.9 Å². The third kappa shape index (κ3) is 6.86. The molecule has 3 N–H and O–H groups in total. The maximum atomic E-state index is 10.8. The first-order chi connectivity index (χ1) is 6.22. The quantitative estimate of drug-likeness (QED) is 0.454. The molecular weight excluding hydrogens is 190 g/mol. The molecule has 1 unspecified atom stereocenters. The molecule has 0 aliphatic rings. The highest BCUT2D eigenvalue weighted by Gasteiger charge is 2.12. The summed E-state index contributed by atoms with van der Waals surface area (Å²) in [7, 11) is 1.33. The number of aliphatic hydroxyl groups excluding tert-OH is 1. The summed E-state index contributed by atoms with van der Waals surface area (Å²) in [6, 6.07) is -0.508. The van der Waals surface area contributed by atoms with Crippen molar-refractivity contribution in [1.29, 1.82) is 0 Å². The van der Waals surface area contributed by atoms with Crippen LogP contribution >= 0.6 is 11.8 Å². The Morgan fingerprint density at radius 2 is 2.31 bits per heavy atom. The molecule has 0 radical (unpaired) electrons. The number of carbonyl (C=O) groups excluding carboxylic acids is 1. The fourth-order valence-corrected chi connectivity index (χ4v) is 1.71. The monoisotopic (exact) mass is 207 g/mol. The van der Waals surface area contributed by atoms with Gasteiger partial charge in [-0.1, -0.05) is 0 Å². The lowest BCUT2D eigenvalue weighted by Crippen LogP contribution is -2.32. The molecule has 0 rings (SSSR count). The molecule has 0 aliphatic carbocycles. The van der Waals surface area contributed by atoms with Gasteiger partial charge < -0.3 is 15.6 Å². The van der Waals surface area contributed by atoms with Crippen LogP contribution in [0.15, 0.2) is 0 Å². The third-order valence-corrected chi connectivity index (χ3v) is 2.63. The first-order valence-electron chi connectivity index (χ1n) is 4.24. The summed E-state index contributed by atoms with van der Waals surface area (Å²) in [6.45, 7) is 0.218. The Morgan fingerprint density at radius 1 is 1.62 bits per heavy atom. The number of carbonyl (C=O) groups is 1. The minimum absolute atomic E-state index is 0.218. The van der Waals surface area contributed by atoms with Crippen LogP contribution in [0.3, 0.4) is 0 Å². The van der Waals surface area contributed by atoms with Crippen molar-refractivity contribution in [3.05, 3.63) is 0 Å². The largest absolute Gasteiger partial charge is 0.468 e. The molecule has 0 aromatic carbocycles. The second-order valence-electron chi connectivity index (χ2n) is 2.61. The van der Waals surface area contributed by atoms with Gasteiger partial charge in [0.05, 0.1) is 7.11 Å². The number of thioether (sulfide) groups is 1. The molecule has 0 saturated heterocycles. The van der Waals surface area contributed by atoms with E-state index in [0.717, 1.165) is 17.9 Å². The maximum absolute atomic E-state index is 10.8. The van der Waals surface area contributed by atoms with Gasteiger partial charge in [-0.05, 0) is 24.3 Å². The predicted octanol–water partition coefficient (Wildman–Crippen LogP) is -0.00760. The Labute approximate surface area is 82.8 Å². The molecule has 1 atom stereocenters. The maximum Gasteiger partial charge on any atom is 0.322 e. The van der Waals surface area contributed by atoms with E-state index in [2.05, 4.69) is 4.74 Å². The van der Waals surface area contributed by atoms with Crippen molar-refractivity contribution in [3.63, 3.8) is 0 Å². The summed E-state index contributed by atoms with van der Waals surface area (Å²) >= 11 is 1.69. The summed E-state index contributed by atoms with van der Waals surface area (Å²) in [5.74, 6) is 1.38. The SMILES string of the molecule is COC(=O)C(N)CCSCCCO. The van der Waals surface area contributed by atoms with Gasteiger partial charge in [0.25, 0.3) is 0 Å². The molecule has 0 bridgehead atoms. The first-order valence-corrected chi connectivity index (χ1v) is 5.40. The molecule has 0 aromatic rings. The van der Waals surface area contributed by atoms with E-state index in [1.807, 2.05) is 0 Å². The van der Waals surface area contributed by atoms with Gasteiger partial charge in [-0.3, -0.25) is 4.79 Å². The molecule has 0 saturated carbocycles. The summed E-state index contributed by atoms with van der Waals surface area (Å²) in [4.78, 5) is 10.8. The minimum Gasteiger partial charge on any atom is -0.468 e. The zero-order chi connectivity index (χ0) is 10.1. The highest BCUT2D eigenvalue weighted by atomic mass is 32.2. The number of hydrogen-bond acceptors (Lipinski definition) is 5. The molecule has 0 fully saturated rings. The Hall–Kier alpha value is -0.260. The second-order valence-corrected chi connectivity index (χ2v) is 3.83. The fraction of sp³-hybridized carbons (Fsp3) is 0.875. The molecule has 0 aliphatic heterocycles. The van der Waals surface area contributed by atoms with Crippen LogP contribution in [0, 0.1) is 0 Å². The number of rotatable bonds is 7. The normalized spacial score (nSPS) is 12.5. The van der Waals surface area contributed by atoms with Gasteiger partial charge in [-0.25, -0.2) is 0 Å². The van der Waals surface area contributed by atoms with Crippen molar-refractivity contribution in [1.82, 2.24) is 0 Å². The van der Waals surface area contributed by atoms with Crippen LogP contribution in [-0.2, 0) is 9.53 Å². The van der Waals surface area contributed by atoms with Gasteiger partial charge in [0, 0.05) is 6.61 Å². The van der Waals surface area contributed by atoms with Crippen LogP contribution in [0.5, 0.6) is 0 Å². The number of nitrogens with two attached hydrogens (primary N) is 1. The highest BCUT2D eigenvalue weighted by molar-refractivity contribution is 7.99. The van der Waals surface area contributed by atoms with Gasteiger partial charge in [0.1, 0.15) is 6.04 Å². The van der Waals surface area contributed by atoms with E-state index in [9.17, 15) is 4.79 Å². The van der Waals surface area contributed by atoms with Gasteiger partial charge in [-0.2, -0.15) is 11.8 Å². The molecule has 13 heavy (non-hydrogen) atoms. The van der Waals surface area contributed by atoms with E-state index in [1.165, 1.54) is 7.11 Å². The Bertz CT molecular complexity index is 143. The lowest BCUT2D eigenvalue weighted by Gasteiger charge is -2.07. The van der Waals surface area contributed by atoms with E-state index < -0.39 is 6.04 Å². The van der Waals surface area contributed by atoms with E-state index in [1.54, 1.807) is 11.8 Å². The lowest BCUT2D eigenvalue weighted by atomic mass is 10.2. The molecule has 0 heterocycles. The zero-order valence-electron chi connectivity index (χ0n) is 7.86. The number of esters is 1. The van der Waals surface area contributed by atoms with E-state index >= 15 is 0 Å². The van der Waals surface area contributed by atoms with Crippen molar-refractivity contribution in [3.8, 4) is 0 Å². The summed E-state index contributed by atoms with van der Waals surface area (Å²) < 4.78 is 4.48. The average Bonchev–Trinajstić information content (AvgIpc) is 2.16. The van der Waals surface area contributed by atoms with Crippen molar-refractivity contribution < 1.29 is 14.6 Å². The molecule has 0 amide bonds. The van der Waals surface area contributed by atoms with Crippen LogP contribution in [0.1, 0.15) is 12.8 Å². The van der Waals surface area contributed by atoms with Gasteiger partial charge in [0.15, 0.2) is 0 Å². The van der Waals surface area contributed by atoms with Gasteiger partial charge in [-0.15, -0.1) is 0 Å². The van der Waals surface area contributed by atoms with Gasteiger partial charge >= 0.3 is 5.97 Å². The van der Waals surface area contributed by atoms with Crippen LogP contribution in [0.2, 0.25) is 0 Å². The zero-order valence-corrected chi connectivity index (χ0v) is 8.68. The standard InChI is InChI=1S/C8H17NO3S/c1-12-8(11)7(9)3-6-13-5-2-4-10/h7,10H,2-6,9H2,1H3. The topological polar surface area (TPSA) is 72.5 Å². The Morgan fingerprint density at radius 3 is 2.85 bits per heavy atom. The van der Waals surface area contributed by atoms with Crippen molar-refractivity contribution in [2.24, 2.45) is 5.73 Å². The van der Waals surface area contributed by atoms with Crippen LogP contribution in [0.4, 0.5) is 0 Å². The van der Waals surface area contributed by atoms with Crippen molar-refractivity contribution >= 4 is 17.7 Å². The second kappa shape index (κ2) is 8.34. The van der Waals surface area contributed by atoms with Crippen LogP contribution in [0.25, 0.3) is 0 Å². The number of ether oxygens (including phenoxy) is 1. The summed E-state index contributed by atoms with van der Waals surface area (Å²) in [5.41, 5.74) is 5.51. The van der Waals surface area contributed by atoms with E-state index in [0.29, 0.717) is 6.42 Å². The lowest BCUT2D eigenvalue weighted by molar-refractivity contribution is -0.142. The number of aliphatic hydroxyl groups is 1. The Kier molecular flexibility index (Phi) is 8.18. The smallest absolute Gasteiger partial charge is 0.322 e. The fourth-order valence-electron chi connectivity index (χ4n) is 0.748. The van der Waals surface area contributed by atoms with Gasteiger partial charge in [0.2, 0.25) is 0 Å². The van der Waals surface area contributed by atoms with E-state index in [-0.39, 0.29) is 12.6 Å². The number of hydrogen-bond donors (Lipinski definition) is 2.